The van der Waals surface area contributed by atoms with Crippen LogP contribution in [-0.4, -0.2) is 20.9 Å². The van der Waals surface area contributed by atoms with Gasteiger partial charge in [-0.25, -0.2) is 9.67 Å². The molecule has 0 amide bonds. The van der Waals surface area contributed by atoms with E-state index in [1.54, 1.807) is 25.1 Å². The molecule has 28 heavy (non-hydrogen) atoms. The lowest BCUT2D eigenvalue weighted by Gasteiger charge is -2.15. The van der Waals surface area contributed by atoms with E-state index in [1.165, 1.54) is 24.3 Å². The zero-order valence-electron chi connectivity index (χ0n) is 14.4. The summed E-state index contributed by atoms with van der Waals surface area (Å²) >= 11 is 5.82. The number of alkyl halides is 5. The van der Waals surface area contributed by atoms with E-state index in [-0.39, 0.29) is 12.4 Å². The SMILES string of the molecule is Cc1cc(Cn2nc(C(F)(F)C(F)(F)F)nc2-c2ccc(Cl)cc2)ccc1N. The third kappa shape index (κ3) is 3.80. The van der Waals surface area contributed by atoms with Crippen molar-refractivity contribution in [2.45, 2.75) is 25.6 Å². The summed E-state index contributed by atoms with van der Waals surface area (Å²) in [5.41, 5.74) is 7.95. The van der Waals surface area contributed by atoms with Gasteiger partial charge in [-0.1, -0.05) is 23.7 Å². The number of rotatable bonds is 4. The van der Waals surface area contributed by atoms with Crippen molar-refractivity contribution in [3.05, 3.63) is 64.4 Å². The summed E-state index contributed by atoms with van der Waals surface area (Å²) in [5.74, 6) is -6.93. The molecule has 3 rings (SSSR count). The van der Waals surface area contributed by atoms with Gasteiger partial charge in [0.15, 0.2) is 5.82 Å². The molecule has 0 spiro atoms. The second kappa shape index (κ2) is 7.05. The molecule has 0 radical (unpaired) electrons. The van der Waals surface area contributed by atoms with Gasteiger partial charge >= 0.3 is 12.1 Å². The van der Waals surface area contributed by atoms with Crippen LogP contribution >= 0.6 is 11.6 Å². The minimum Gasteiger partial charge on any atom is -0.399 e. The van der Waals surface area contributed by atoms with E-state index >= 15 is 0 Å². The molecular formula is C18H14ClF5N4. The van der Waals surface area contributed by atoms with Crippen LogP contribution in [0.1, 0.15) is 17.0 Å². The van der Waals surface area contributed by atoms with E-state index in [1.807, 2.05) is 0 Å². The Labute approximate surface area is 161 Å². The number of aryl methyl sites for hydroxylation is 1. The Morgan fingerprint density at radius 3 is 2.25 bits per heavy atom. The number of benzene rings is 2. The molecule has 148 valence electrons. The van der Waals surface area contributed by atoms with Gasteiger partial charge in [-0.15, -0.1) is 5.10 Å². The maximum absolute atomic E-state index is 13.8. The van der Waals surface area contributed by atoms with Crippen molar-refractivity contribution in [1.82, 2.24) is 14.8 Å². The topological polar surface area (TPSA) is 56.7 Å². The number of hydrogen-bond donors (Lipinski definition) is 1. The lowest BCUT2D eigenvalue weighted by Crippen LogP contribution is -2.35. The van der Waals surface area contributed by atoms with Gasteiger partial charge < -0.3 is 5.73 Å². The van der Waals surface area contributed by atoms with Crippen LogP contribution in [0.5, 0.6) is 0 Å². The molecule has 0 fully saturated rings. The summed E-state index contributed by atoms with van der Waals surface area (Å²) in [5, 5.41) is 3.85. The maximum atomic E-state index is 13.8. The highest BCUT2D eigenvalue weighted by molar-refractivity contribution is 6.30. The Kier molecular flexibility index (Phi) is 5.05. The standard InChI is InChI=1S/C18H14ClF5N4/c1-10-8-11(2-7-14(10)25)9-28-15(12-3-5-13(19)6-4-12)26-16(27-28)17(20,21)18(22,23)24/h2-8H,9,25H2,1H3. The van der Waals surface area contributed by atoms with Crippen molar-refractivity contribution < 1.29 is 22.0 Å². The predicted octanol–water partition coefficient (Wildman–Crippen LogP) is 5.19. The molecule has 1 aromatic heterocycles. The van der Waals surface area contributed by atoms with Crippen molar-refractivity contribution in [2.75, 3.05) is 5.73 Å². The smallest absolute Gasteiger partial charge is 0.399 e. The number of nitrogen functional groups attached to an aromatic ring is 1. The van der Waals surface area contributed by atoms with Crippen molar-refractivity contribution in [2.24, 2.45) is 0 Å². The number of anilines is 1. The summed E-state index contributed by atoms with van der Waals surface area (Å²) in [6.45, 7) is 1.68. The highest BCUT2D eigenvalue weighted by Gasteiger charge is 2.62. The average molecular weight is 417 g/mol. The first-order valence-corrected chi connectivity index (χ1v) is 8.37. The van der Waals surface area contributed by atoms with Crippen LogP contribution in [0.25, 0.3) is 11.4 Å². The third-order valence-corrected chi connectivity index (χ3v) is 4.33. The first-order valence-electron chi connectivity index (χ1n) is 8.00. The largest absolute Gasteiger partial charge is 0.461 e. The zero-order valence-corrected chi connectivity index (χ0v) is 15.2. The highest BCUT2D eigenvalue weighted by atomic mass is 35.5. The normalized spacial score (nSPS) is 12.4. The van der Waals surface area contributed by atoms with Gasteiger partial charge in [-0.3, -0.25) is 0 Å². The molecule has 0 aliphatic rings. The molecule has 10 heteroatoms. The number of nitrogens with zero attached hydrogens (tertiary/aromatic N) is 3. The van der Waals surface area contributed by atoms with E-state index in [0.29, 0.717) is 21.8 Å². The van der Waals surface area contributed by atoms with Gasteiger partial charge in [0.05, 0.1) is 6.54 Å². The first kappa shape index (κ1) is 20.1. The Morgan fingerprint density at radius 2 is 1.68 bits per heavy atom. The molecule has 1 heterocycles. The molecule has 4 nitrogen and oxygen atoms in total. The fraction of sp³-hybridized carbons (Fsp3) is 0.222. The van der Waals surface area contributed by atoms with Crippen molar-refractivity contribution >= 4 is 17.3 Å². The van der Waals surface area contributed by atoms with Crippen LogP contribution < -0.4 is 5.73 Å². The molecule has 3 aromatic rings. The van der Waals surface area contributed by atoms with Gasteiger partial charge in [0.2, 0.25) is 5.82 Å². The van der Waals surface area contributed by atoms with Crippen LogP contribution in [-0.2, 0) is 12.5 Å². The summed E-state index contributed by atoms with van der Waals surface area (Å²) in [6.07, 6.45) is -5.81. The summed E-state index contributed by atoms with van der Waals surface area (Å²) < 4.78 is 66.9. The number of aromatic nitrogens is 3. The molecule has 2 aromatic carbocycles. The Balaban J connectivity index is 2.10. The summed E-state index contributed by atoms with van der Waals surface area (Å²) in [7, 11) is 0. The quantitative estimate of drug-likeness (QED) is 0.470. The molecule has 0 saturated heterocycles. The van der Waals surface area contributed by atoms with Crippen LogP contribution in [0.15, 0.2) is 42.5 Å². The van der Waals surface area contributed by atoms with Crippen LogP contribution in [0.3, 0.4) is 0 Å². The minimum atomic E-state index is -5.81. The molecular weight excluding hydrogens is 403 g/mol. The highest BCUT2D eigenvalue weighted by Crippen LogP contribution is 2.43. The van der Waals surface area contributed by atoms with E-state index in [9.17, 15) is 22.0 Å². The van der Waals surface area contributed by atoms with Gasteiger partial charge in [0.25, 0.3) is 0 Å². The molecule has 0 atom stereocenters. The van der Waals surface area contributed by atoms with Crippen LogP contribution in [0.2, 0.25) is 5.02 Å². The molecule has 0 aliphatic heterocycles. The molecule has 0 unspecified atom stereocenters. The number of halogens is 6. The van der Waals surface area contributed by atoms with Crippen LogP contribution in [0.4, 0.5) is 27.6 Å². The lowest BCUT2D eigenvalue weighted by molar-refractivity contribution is -0.292. The Bertz CT molecular complexity index is 996. The van der Waals surface area contributed by atoms with Gasteiger partial charge in [0, 0.05) is 16.3 Å². The van der Waals surface area contributed by atoms with Crippen LogP contribution in [0, 0.1) is 6.92 Å². The minimum absolute atomic E-state index is 0.0694. The summed E-state index contributed by atoms with van der Waals surface area (Å²) in [6, 6.07) is 10.8. The number of hydrogen-bond acceptors (Lipinski definition) is 3. The van der Waals surface area contributed by atoms with E-state index in [0.717, 1.165) is 10.2 Å². The second-order valence-corrected chi connectivity index (χ2v) is 6.62. The molecule has 0 saturated carbocycles. The fourth-order valence-electron chi connectivity index (χ4n) is 2.53. The van der Waals surface area contributed by atoms with E-state index in [2.05, 4.69) is 10.1 Å². The fourth-order valence-corrected chi connectivity index (χ4v) is 2.66. The lowest BCUT2D eigenvalue weighted by atomic mass is 10.1. The molecule has 2 N–H and O–H groups in total. The Hall–Kier alpha value is -2.68. The van der Waals surface area contributed by atoms with Gasteiger partial charge in [-0.05, 0) is 48.4 Å². The summed E-state index contributed by atoms with van der Waals surface area (Å²) in [4.78, 5) is 3.50. The second-order valence-electron chi connectivity index (χ2n) is 6.19. The molecule has 0 bridgehead atoms. The monoisotopic (exact) mass is 416 g/mol. The van der Waals surface area contributed by atoms with Crippen molar-refractivity contribution in [3.8, 4) is 11.4 Å². The van der Waals surface area contributed by atoms with Crippen molar-refractivity contribution in [1.29, 1.82) is 0 Å². The Morgan fingerprint density at radius 1 is 1.04 bits per heavy atom. The van der Waals surface area contributed by atoms with Gasteiger partial charge in [-0.2, -0.15) is 22.0 Å². The van der Waals surface area contributed by atoms with Gasteiger partial charge in [0.1, 0.15) is 0 Å². The van der Waals surface area contributed by atoms with E-state index < -0.39 is 17.9 Å². The van der Waals surface area contributed by atoms with Crippen molar-refractivity contribution in [3.63, 3.8) is 0 Å². The predicted molar refractivity (Wildman–Crippen MR) is 95.1 cm³/mol. The average Bonchev–Trinajstić information content (AvgIpc) is 3.02. The number of nitrogens with two attached hydrogens (primary N) is 1. The third-order valence-electron chi connectivity index (χ3n) is 4.08. The zero-order chi connectivity index (χ0) is 20.7. The maximum Gasteiger partial charge on any atom is 0.461 e. The van der Waals surface area contributed by atoms with E-state index in [4.69, 9.17) is 17.3 Å². The first-order chi connectivity index (χ1) is 13.0. The molecule has 0 aliphatic carbocycles.